The van der Waals surface area contributed by atoms with Gasteiger partial charge in [0.1, 0.15) is 6.04 Å². The number of thioether (sulfide) groups is 1. The lowest BCUT2D eigenvalue weighted by molar-refractivity contribution is -0.138. The van der Waals surface area contributed by atoms with Crippen LogP contribution in [0.2, 0.25) is 0 Å². The molecule has 2 N–H and O–H groups in total. The van der Waals surface area contributed by atoms with Crippen molar-refractivity contribution in [2.45, 2.75) is 11.4 Å². The third kappa shape index (κ3) is 1.88. The molecule has 1 saturated heterocycles. The number of rotatable bonds is 2. The van der Waals surface area contributed by atoms with Crippen LogP contribution in [0.15, 0.2) is 24.5 Å². The van der Waals surface area contributed by atoms with Gasteiger partial charge in [0.05, 0.1) is 5.37 Å². The summed E-state index contributed by atoms with van der Waals surface area (Å²) in [4.78, 5) is 14.6. The third-order valence-electron chi connectivity index (χ3n) is 2.09. The smallest absolute Gasteiger partial charge is 0.321 e. The van der Waals surface area contributed by atoms with Gasteiger partial charge in [-0.15, -0.1) is 11.8 Å². The van der Waals surface area contributed by atoms with Gasteiger partial charge in [-0.1, -0.05) is 0 Å². The molecule has 1 unspecified atom stereocenters. The summed E-state index contributed by atoms with van der Waals surface area (Å²) in [5.41, 5.74) is 1.08. The van der Waals surface area contributed by atoms with E-state index in [1.807, 2.05) is 12.1 Å². The molecule has 14 heavy (non-hydrogen) atoms. The highest BCUT2D eigenvalue weighted by Crippen LogP contribution is 2.32. The monoisotopic (exact) mass is 210 g/mol. The van der Waals surface area contributed by atoms with Gasteiger partial charge in [-0.3, -0.25) is 15.1 Å². The van der Waals surface area contributed by atoms with E-state index in [1.54, 1.807) is 24.2 Å². The van der Waals surface area contributed by atoms with E-state index in [0.717, 1.165) is 5.56 Å². The lowest BCUT2D eigenvalue weighted by Crippen LogP contribution is -2.33. The number of aromatic nitrogens is 1. The molecule has 1 aliphatic heterocycles. The van der Waals surface area contributed by atoms with Crippen molar-refractivity contribution in [2.75, 3.05) is 5.75 Å². The molecule has 0 aromatic carbocycles. The van der Waals surface area contributed by atoms with Gasteiger partial charge in [-0.25, -0.2) is 0 Å². The van der Waals surface area contributed by atoms with Crippen LogP contribution in [-0.4, -0.2) is 27.9 Å². The summed E-state index contributed by atoms with van der Waals surface area (Å²) < 4.78 is 0. The van der Waals surface area contributed by atoms with Crippen LogP contribution in [0.5, 0.6) is 0 Å². The number of carboxylic acids is 1. The van der Waals surface area contributed by atoms with Crippen LogP contribution in [0.3, 0.4) is 0 Å². The zero-order valence-electron chi connectivity index (χ0n) is 7.38. The van der Waals surface area contributed by atoms with Gasteiger partial charge in [-0.2, -0.15) is 0 Å². The minimum Gasteiger partial charge on any atom is -0.480 e. The number of hydrogen-bond acceptors (Lipinski definition) is 4. The van der Waals surface area contributed by atoms with Gasteiger partial charge >= 0.3 is 5.97 Å². The second kappa shape index (κ2) is 3.98. The summed E-state index contributed by atoms with van der Waals surface area (Å²) in [7, 11) is 0. The first-order chi connectivity index (χ1) is 6.77. The molecule has 4 nitrogen and oxygen atoms in total. The summed E-state index contributed by atoms with van der Waals surface area (Å²) in [6.45, 7) is 0. The van der Waals surface area contributed by atoms with Crippen molar-refractivity contribution in [1.82, 2.24) is 10.3 Å². The fourth-order valence-electron chi connectivity index (χ4n) is 1.34. The molecule has 2 rings (SSSR count). The van der Waals surface area contributed by atoms with E-state index < -0.39 is 12.0 Å². The van der Waals surface area contributed by atoms with Gasteiger partial charge in [0, 0.05) is 18.1 Å². The van der Waals surface area contributed by atoms with Gasteiger partial charge in [0.15, 0.2) is 0 Å². The number of aliphatic carboxylic acids is 1. The minimum atomic E-state index is -0.783. The number of nitrogens with zero attached hydrogens (tertiary/aromatic N) is 1. The van der Waals surface area contributed by atoms with Crippen molar-refractivity contribution < 1.29 is 9.90 Å². The SMILES string of the molecule is O=C(O)[C@@H]1CSC(c2ccncc2)N1. The van der Waals surface area contributed by atoms with Crippen molar-refractivity contribution in [1.29, 1.82) is 0 Å². The Morgan fingerprint density at radius 3 is 2.86 bits per heavy atom. The van der Waals surface area contributed by atoms with E-state index in [0.29, 0.717) is 5.75 Å². The molecule has 0 bridgehead atoms. The fraction of sp³-hybridized carbons (Fsp3) is 0.333. The molecule has 0 amide bonds. The summed E-state index contributed by atoms with van der Waals surface area (Å²) in [5.74, 6) is -0.170. The van der Waals surface area contributed by atoms with Crippen molar-refractivity contribution in [2.24, 2.45) is 0 Å². The van der Waals surface area contributed by atoms with Crippen molar-refractivity contribution in [3.8, 4) is 0 Å². The largest absolute Gasteiger partial charge is 0.480 e. The molecule has 1 fully saturated rings. The molecule has 1 aromatic heterocycles. The third-order valence-corrected chi connectivity index (χ3v) is 3.36. The Kier molecular flexibility index (Phi) is 2.69. The molecule has 0 saturated carbocycles. The first-order valence-electron chi connectivity index (χ1n) is 4.28. The van der Waals surface area contributed by atoms with Crippen molar-refractivity contribution in [3.63, 3.8) is 0 Å². The molecule has 0 radical (unpaired) electrons. The lowest BCUT2D eigenvalue weighted by Gasteiger charge is -2.10. The summed E-state index contributed by atoms with van der Waals surface area (Å²) in [6, 6.07) is 3.36. The molecule has 74 valence electrons. The van der Waals surface area contributed by atoms with Gasteiger partial charge in [0.25, 0.3) is 0 Å². The Balaban J connectivity index is 2.06. The quantitative estimate of drug-likeness (QED) is 0.758. The number of hydrogen-bond donors (Lipinski definition) is 2. The molecule has 2 heterocycles. The predicted molar refractivity (Wildman–Crippen MR) is 54.0 cm³/mol. The Bertz CT molecular complexity index is 331. The van der Waals surface area contributed by atoms with Crippen LogP contribution < -0.4 is 5.32 Å². The Labute approximate surface area is 85.7 Å². The van der Waals surface area contributed by atoms with E-state index >= 15 is 0 Å². The van der Waals surface area contributed by atoms with Crippen LogP contribution in [0.25, 0.3) is 0 Å². The van der Waals surface area contributed by atoms with E-state index in [4.69, 9.17) is 5.11 Å². The van der Waals surface area contributed by atoms with Crippen LogP contribution in [0.4, 0.5) is 0 Å². The highest BCUT2D eigenvalue weighted by Gasteiger charge is 2.29. The van der Waals surface area contributed by atoms with Crippen LogP contribution >= 0.6 is 11.8 Å². The zero-order valence-corrected chi connectivity index (χ0v) is 8.20. The maximum atomic E-state index is 10.7. The number of nitrogens with one attached hydrogen (secondary N) is 1. The van der Waals surface area contributed by atoms with Crippen molar-refractivity contribution in [3.05, 3.63) is 30.1 Å². The standard InChI is InChI=1S/C9H10N2O2S/c12-9(13)7-5-14-8(11-7)6-1-3-10-4-2-6/h1-4,7-8,11H,5H2,(H,12,13)/t7-,8?/m0/s1. The topological polar surface area (TPSA) is 62.2 Å². The summed E-state index contributed by atoms with van der Waals surface area (Å²) in [5, 5.41) is 11.9. The second-order valence-corrected chi connectivity index (χ2v) is 4.19. The summed E-state index contributed by atoms with van der Waals surface area (Å²) in [6.07, 6.45) is 3.43. The fourth-order valence-corrected chi connectivity index (χ4v) is 2.58. The predicted octanol–water partition coefficient (Wildman–Crippen LogP) is 0.870. The number of carbonyl (C=O) groups is 1. The number of pyridine rings is 1. The normalized spacial score (nSPS) is 26.3. The van der Waals surface area contributed by atoms with E-state index in [2.05, 4.69) is 10.3 Å². The average Bonchev–Trinajstić information content (AvgIpc) is 2.68. The minimum absolute atomic E-state index is 0.0825. The first kappa shape index (κ1) is 9.48. The first-order valence-corrected chi connectivity index (χ1v) is 5.32. The van der Waals surface area contributed by atoms with Crippen LogP contribution in [-0.2, 0) is 4.79 Å². The van der Waals surface area contributed by atoms with E-state index in [9.17, 15) is 4.79 Å². The molecule has 5 heteroatoms. The Hall–Kier alpha value is -1.07. The zero-order chi connectivity index (χ0) is 9.97. The van der Waals surface area contributed by atoms with E-state index in [-0.39, 0.29) is 5.37 Å². The average molecular weight is 210 g/mol. The molecule has 1 aromatic rings. The van der Waals surface area contributed by atoms with Gasteiger partial charge < -0.3 is 5.11 Å². The molecular weight excluding hydrogens is 200 g/mol. The highest BCUT2D eigenvalue weighted by molar-refractivity contribution is 7.99. The Morgan fingerprint density at radius 1 is 1.57 bits per heavy atom. The van der Waals surface area contributed by atoms with Crippen LogP contribution in [0.1, 0.15) is 10.9 Å². The molecule has 1 aliphatic rings. The van der Waals surface area contributed by atoms with E-state index in [1.165, 1.54) is 0 Å². The van der Waals surface area contributed by atoms with Gasteiger partial charge in [0.2, 0.25) is 0 Å². The van der Waals surface area contributed by atoms with Crippen molar-refractivity contribution >= 4 is 17.7 Å². The molecule has 0 aliphatic carbocycles. The van der Waals surface area contributed by atoms with Gasteiger partial charge in [-0.05, 0) is 17.7 Å². The summed E-state index contributed by atoms with van der Waals surface area (Å²) >= 11 is 1.61. The lowest BCUT2D eigenvalue weighted by atomic mass is 10.2. The maximum absolute atomic E-state index is 10.7. The molecule has 0 spiro atoms. The highest BCUT2D eigenvalue weighted by atomic mass is 32.2. The molecular formula is C9H10N2O2S. The Morgan fingerprint density at radius 2 is 2.29 bits per heavy atom. The second-order valence-electron chi connectivity index (χ2n) is 3.05. The number of carboxylic acid groups (broad SMARTS) is 1. The molecule has 2 atom stereocenters. The maximum Gasteiger partial charge on any atom is 0.321 e. The van der Waals surface area contributed by atoms with Crippen LogP contribution in [0, 0.1) is 0 Å².